The molecule has 0 aliphatic carbocycles. The topological polar surface area (TPSA) is 25.2 Å². The van der Waals surface area contributed by atoms with Crippen LogP contribution in [0.3, 0.4) is 0 Å². The Morgan fingerprint density at radius 3 is 1.59 bits per heavy atom. The highest BCUT2D eigenvalue weighted by atomic mass is 14.8. The molecule has 59 heavy (non-hydrogen) atoms. The maximum Gasteiger partial charge on any atom is 0.0711 e. The first kappa shape index (κ1) is 35.7. The first-order valence-corrected chi connectivity index (χ1v) is 20.1. The molecule has 0 spiro atoms. The standard InChI is InChI=1S/C57H40N2/c1-38(40-24-26-43(27-25-40)50-19-12-32-58-37-50)33-55(47-30-28-41-13-3-5-15-45(41)35-47)59-39(2)44-17-11-18-48(34-44)56-51-20-7-9-22-53(51)57(54-23-10-8-21-52(54)56)49-31-29-42-14-4-6-16-46(42)36-49/h3-37H,1H2,2H3/b55-33-,59-39?. The fourth-order valence-electron chi connectivity index (χ4n) is 8.43. The van der Waals surface area contributed by atoms with Gasteiger partial charge in [-0.1, -0.05) is 176 Å². The molecule has 2 nitrogen and oxygen atoms in total. The number of hydrogen-bond donors (Lipinski definition) is 0. The van der Waals surface area contributed by atoms with Crippen molar-refractivity contribution in [2.24, 2.45) is 4.99 Å². The van der Waals surface area contributed by atoms with E-state index >= 15 is 0 Å². The van der Waals surface area contributed by atoms with Gasteiger partial charge < -0.3 is 0 Å². The van der Waals surface area contributed by atoms with Crippen molar-refractivity contribution >= 4 is 60.1 Å². The number of aromatic nitrogens is 1. The van der Waals surface area contributed by atoms with Gasteiger partial charge in [-0.25, -0.2) is 0 Å². The fourth-order valence-corrected chi connectivity index (χ4v) is 8.43. The van der Waals surface area contributed by atoms with Crippen LogP contribution in [0.4, 0.5) is 0 Å². The summed E-state index contributed by atoms with van der Waals surface area (Å²) in [5.41, 5.74) is 12.9. The lowest BCUT2D eigenvalue weighted by Crippen LogP contribution is -1.98. The summed E-state index contributed by atoms with van der Waals surface area (Å²) < 4.78 is 0. The molecule has 10 rings (SSSR count). The molecule has 0 saturated heterocycles. The van der Waals surface area contributed by atoms with Gasteiger partial charge in [0, 0.05) is 23.7 Å². The summed E-state index contributed by atoms with van der Waals surface area (Å²) in [6.07, 6.45) is 5.80. The Balaban J connectivity index is 1.08. The Hall–Kier alpha value is -7.68. The molecule has 0 N–H and O–H groups in total. The van der Waals surface area contributed by atoms with Gasteiger partial charge in [-0.3, -0.25) is 9.98 Å². The lowest BCUT2D eigenvalue weighted by atomic mass is 9.85. The fraction of sp³-hybridized carbons (Fsp3) is 0.0175. The first-order valence-electron chi connectivity index (χ1n) is 20.1. The zero-order chi connectivity index (χ0) is 39.7. The molecule has 9 aromatic carbocycles. The Morgan fingerprint density at radius 1 is 0.441 bits per heavy atom. The maximum atomic E-state index is 5.40. The highest BCUT2D eigenvalue weighted by Crippen LogP contribution is 2.44. The second-order valence-electron chi connectivity index (χ2n) is 15.1. The van der Waals surface area contributed by atoms with E-state index in [1.54, 1.807) is 6.20 Å². The lowest BCUT2D eigenvalue weighted by Gasteiger charge is -2.18. The van der Waals surface area contributed by atoms with Crippen molar-refractivity contribution in [1.29, 1.82) is 0 Å². The lowest BCUT2D eigenvalue weighted by molar-refractivity contribution is 1.33. The minimum atomic E-state index is 0.857. The average Bonchev–Trinajstić information content (AvgIpc) is 3.30. The van der Waals surface area contributed by atoms with E-state index in [0.29, 0.717) is 0 Å². The summed E-state index contributed by atoms with van der Waals surface area (Å²) in [6.45, 7) is 6.64. The van der Waals surface area contributed by atoms with Gasteiger partial charge >= 0.3 is 0 Å². The number of nitrogens with zero attached hydrogens (tertiary/aromatic N) is 2. The Kier molecular flexibility index (Phi) is 9.29. The Morgan fingerprint density at radius 2 is 0.966 bits per heavy atom. The van der Waals surface area contributed by atoms with Gasteiger partial charge in [0.15, 0.2) is 0 Å². The van der Waals surface area contributed by atoms with Gasteiger partial charge in [-0.15, -0.1) is 0 Å². The smallest absolute Gasteiger partial charge is 0.0711 e. The molecule has 0 aliphatic heterocycles. The quantitative estimate of drug-likeness (QED) is 0.0862. The number of fused-ring (bicyclic) bond motifs is 4. The van der Waals surface area contributed by atoms with Crippen LogP contribution in [0.2, 0.25) is 0 Å². The Bertz CT molecular complexity index is 3220. The van der Waals surface area contributed by atoms with Crippen molar-refractivity contribution in [2.75, 3.05) is 0 Å². The summed E-state index contributed by atoms with van der Waals surface area (Å²) in [5, 5.41) is 9.77. The SMILES string of the molecule is C=C(/C=C(\N=C(C)c1cccc(-c2c3ccccc3c(-c3ccc4ccccc4c3)c3ccccc23)c1)c1ccc2ccccc2c1)c1ccc(-c2cccnc2)cc1. The van der Waals surface area contributed by atoms with Crippen molar-refractivity contribution in [1.82, 2.24) is 4.98 Å². The number of benzene rings is 9. The van der Waals surface area contributed by atoms with Crippen LogP contribution < -0.4 is 0 Å². The molecule has 10 aromatic rings. The number of rotatable bonds is 8. The third-order valence-electron chi connectivity index (χ3n) is 11.4. The molecule has 0 aliphatic rings. The van der Waals surface area contributed by atoms with E-state index in [1.807, 2.05) is 12.3 Å². The molecule has 0 unspecified atom stereocenters. The predicted molar refractivity (Wildman–Crippen MR) is 253 cm³/mol. The maximum absolute atomic E-state index is 5.40. The molecule has 1 aromatic heterocycles. The summed E-state index contributed by atoms with van der Waals surface area (Å²) >= 11 is 0. The number of hydrogen-bond acceptors (Lipinski definition) is 2. The van der Waals surface area contributed by atoms with Crippen LogP contribution in [-0.4, -0.2) is 10.7 Å². The van der Waals surface area contributed by atoms with Crippen LogP contribution in [-0.2, 0) is 0 Å². The molecule has 0 bridgehead atoms. The van der Waals surface area contributed by atoms with Crippen LogP contribution in [0.5, 0.6) is 0 Å². The van der Waals surface area contributed by atoms with E-state index in [-0.39, 0.29) is 0 Å². The van der Waals surface area contributed by atoms with E-state index in [9.17, 15) is 0 Å². The third-order valence-corrected chi connectivity index (χ3v) is 11.4. The highest BCUT2D eigenvalue weighted by molar-refractivity contribution is 6.22. The minimum absolute atomic E-state index is 0.857. The van der Waals surface area contributed by atoms with Crippen molar-refractivity contribution in [2.45, 2.75) is 6.92 Å². The molecular weight excluding hydrogens is 713 g/mol. The largest absolute Gasteiger partial charge is 0.264 e. The number of pyridine rings is 1. The Labute approximate surface area is 344 Å². The van der Waals surface area contributed by atoms with Crippen LogP contribution in [0.15, 0.2) is 224 Å². The monoisotopic (exact) mass is 752 g/mol. The van der Waals surface area contributed by atoms with Gasteiger partial charge in [0.1, 0.15) is 0 Å². The summed E-state index contributed by atoms with van der Waals surface area (Å²) in [7, 11) is 0. The van der Waals surface area contributed by atoms with Gasteiger partial charge in [0.2, 0.25) is 0 Å². The van der Waals surface area contributed by atoms with Crippen LogP contribution in [0.25, 0.3) is 87.7 Å². The average molecular weight is 753 g/mol. The third kappa shape index (κ3) is 6.92. The van der Waals surface area contributed by atoms with Gasteiger partial charge in [-0.05, 0) is 130 Å². The first-order chi connectivity index (χ1) is 29.1. The van der Waals surface area contributed by atoms with Crippen LogP contribution in [0.1, 0.15) is 23.6 Å². The molecule has 2 heteroatoms. The minimum Gasteiger partial charge on any atom is -0.264 e. The molecule has 0 atom stereocenters. The van der Waals surface area contributed by atoms with Crippen molar-refractivity contribution in [3.05, 3.63) is 236 Å². The van der Waals surface area contributed by atoms with Gasteiger partial charge in [-0.2, -0.15) is 0 Å². The van der Waals surface area contributed by atoms with E-state index in [4.69, 9.17) is 4.99 Å². The summed E-state index contributed by atoms with van der Waals surface area (Å²) in [5.74, 6) is 0. The zero-order valence-electron chi connectivity index (χ0n) is 32.8. The summed E-state index contributed by atoms with van der Waals surface area (Å²) in [6, 6.07) is 69.5. The normalized spacial score (nSPS) is 12.1. The number of allylic oxidation sites excluding steroid dienone is 2. The van der Waals surface area contributed by atoms with Crippen molar-refractivity contribution in [3.8, 4) is 33.4 Å². The molecule has 0 radical (unpaired) electrons. The van der Waals surface area contributed by atoms with E-state index in [1.165, 1.54) is 59.8 Å². The second-order valence-corrected chi connectivity index (χ2v) is 15.1. The van der Waals surface area contributed by atoms with Crippen LogP contribution >= 0.6 is 0 Å². The van der Waals surface area contributed by atoms with Crippen molar-refractivity contribution in [3.63, 3.8) is 0 Å². The van der Waals surface area contributed by atoms with Gasteiger partial charge in [0.05, 0.1) is 5.70 Å². The van der Waals surface area contributed by atoms with E-state index in [0.717, 1.165) is 50.4 Å². The molecule has 1 heterocycles. The molecular formula is C57H40N2. The number of aliphatic imine (C=N–C) groups is 1. The van der Waals surface area contributed by atoms with Crippen LogP contribution in [0, 0.1) is 0 Å². The van der Waals surface area contributed by atoms with E-state index < -0.39 is 0 Å². The zero-order valence-corrected chi connectivity index (χ0v) is 32.8. The molecule has 278 valence electrons. The molecule has 0 amide bonds. The van der Waals surface area contributed by atoms with Gasteiger partial charge in [0.25, 0.3) is 0 Å². The van der Waals surface area contributed by atoms with E-state index in [2.05, 4.69) is 213 Å². The predicted octanol–water partition coefficient (Wildman–Crippen LogP) is 15.3. The highest BCUT2D eigenvalue weighted by Gasteiger charge is 2.17. The molecule has 0 saturated carbocycles. The second kappa shape index (κ2) is 15.3. The van der Waals surface area contributed by atoms with Crippen molar-refractivity contribution < 1.29 is 0 Å². The molecule has 0 fully saturated rings. The summed E-state index contributed by atoms with van der Waals surface area (Å²) in [4.78, 5) is 9.70.